The Morgan fingerprint density at radius 2 is 1.13 bits per heavy atom. The molecule has 10 N–H and O–H groups in total. The topological polar surface area (TPSA) is 327 Å². The van der Waals surface area contributed by atoms with Gasteiger partial charge in [-0.2, -0.15) is 0 Å². The van der Waals surface area contributed by atoms with Gasteiger partial charge in [-0.25, -0.2) is 4.79 Å². The molecule has 70 heavy (non-hydrogen) atoms. The molecule has 0 aliphatic carbocycles. The first-order valence-electron chi connectivity index (χ1n) is 25.9. The van der Waals surface area contributed by atoms with Crippen molar-refractivity contribution >= 4 is 17.9 Å². The van der Waals surface area contributed by atoms with E-state index < -0.39 is 135 Å². The fourth-order valence-electron chi connectivity index (χ4n) is 8.83. The third kappa shape index (κ3) is 22.1. The van der Waals surface area contributed by atoms with Crippen LogP contribution in [-0.2, 0) is 52.3 Å². The lowest BCUT2D eigenvalue weighted by molar-refractivity contribution is -0.380. The van der Waals surface area contributed by atoms with Gasteiger partial charge in [0.15, 0.2) is 31.1 Å². The van der Waals surface area contributed by atoms with Crippen molar-refractivity contribution < 1.29 is 103 Å². The van der Waals surface area contributed by atoms with Crippen LogP contribution in [0.4, 0.5) is 0 Å². The minimum absolute atomic E-state index is 0.0270. The zero-order valence-electron chi connectivity index (χ0n) is 41.8. The molecule has 0 spiro atoms. The van der Waals surface area contributed by atoms with Crippen molar-refractivity contribution in [2.75, 3.05) is 19.8 Å². The van der Waals surface area contributed by atoms with Gasteiger partial charge in [0.05, 0.1) is 31.5 Å². The minimum Gasteiger partial charge on any atom is -0.479 e. The predicted molar refractivity (Wildman–Crippen MR) is 248 cm³/mol. The number of esters is 2. The molecule has 17 atom stereocenters. The number of hydrogen-bond donors (Lipinski definition) is 10. The molecule has 0 saturated carbocycles. The van der Waals surface area contributed by atoms with Crippen LogP contribution < -0.4 is 0 Å². The van der Waals surface area contributed by atoms with Crippen LogP contribution in [0.5, 0.6) is 0 Å². The number of carboxylic acids is 1. The lowest BCUT2D eigenvalue weighted by Crippen LogP contribution is -2.65. The highest BCUT2D eigenvalue weighted by atomic mass is 16.8. The normalized spacial score (nSPS) is 31.2. The molecule has 0 bridgehead atoms. The van der Waals surface area contributed by atoms with Crippen LogP contribution >= 0.6 is 0 Å². The highest BCUT2D eigenvalue weighted by Crippen LogP contribution is 2.33. The van der Waals surface area contributed by atoms with Crippen molar-refractivity contribution in [2.24, 2.45) is 5.92 Å². The van der Waals surface area contributed by atoms with E-state index in [0.717, 1.165) is 96.8 Å². The Labute approximate surface area is 413 Å². The maximum atomic E-state index is 12.3. The number of aliphatic hydroxyl groups excluding tert-OH is 9. The molecule has 3 saturated heterocycles. The molecule has 3 fully saturated rings. The van der Waals surface area contributed by atoms with Crippen LogP contribution in [0.25, 0.3) is 0 Å². The Morgan fingerprint density at radius 3 is 1.70 bits per heavy atom. The van der Waals surface area contributed by atoms with Crippen LogP contribution in [0, 0.1) is 5.92 Å². The summed E-state index contributed by atoms with van der Waals surface area (Å²) < 4.78 is 46.6. The lowest BCUT2D eigenvalue weighted by Gasteiger charge is -2.46. The van der Waals surface area contributed by atoms with E-state index in [-0.39, 0.29) is 18.9 Å². The summed E-state index contributed by atoms with van der Waals surface area (Å²) >= 11 is 0. The summed E-state index contributed by atoms with van der Waals surface area (Å²) in [6.45, 7) is 5.49. The summed E-state index contributed by atoms with van der Waals surface area (Å²) in [5.41, 5.74) is 0. The number of rotatable bonds is 35. The molecule has 3 aliphatic rings. The van der Waals surface area contributed by atoms with Crippen molar-refractivity contribution in [3.05, 3.63) is 0 Å². The van der Waals surface area contributed by atoms with Crippen LogP contribution in [-0.4, -0.2) is 193 Å². The van der Waals surface area contributed by atoms with Gasteiger partial charge < -0.3 is 89.0 Å². The summed E-state index contributed by atoms with van der Waals surface area (Å²) in [6.07, 6.45) is -7.89. The molecule has 0 aromatic heterocycles. The first kappa shape index (κ1) is 62.1. The second kappa shape index (κ2) is 33.6. The third-order valence-electron chi connectivity index (χ3n) is 13.1. The van der Waals surface area contributed by atoms with E-state index in [1.807, 2.05) is 20.8 Å². The summed E-state index contributed by atoms with van der Waals surface area (Å²) in [7, 11) is 0. The highest BCUT2D eigenvalue weighted by Gasteiger charge is 2.52. The second-order valence-corrected chi connectivity index (χ2v) is 19.7. The third-order valence-corrected chi connectivity index (χ3v) is 13.1. The van der Waals surface area contributed by atoms with Gasteiger partial charge >= 0.3 is 17.9 Å². The molecule has 3 rings (SSSR count). The fraction of sp³-hybridized carbons (Fsp3) is 0.939. The maximum Gasteiger partial charge on any atom is 0.332 e. The molecule has 0 radical (unpaired) electrons. The first-order chi connectivity index (χ1) is 33.3. The highest BCUT2D eigenvalue weighted by molar-refractivity contribution is 5.71. The van der Waals surface area contributed by atoms with Gasteiger partial charge in [0.2, 0.25) is 0 Å². The molecule has 3 aliphatic heterocycles. The zero-order valence-corrected chi connectivity index (χ0v) is 41.8. The van der Waals surface area contributed by atoms with Crippen molar-refractivity contribution in [3.63, 3.8) is 0 Å². The van der Waals surface area contributed by atoms with Gasteiger partial charge in [-0.05, 0) is 44.4 Å². The summed E-state index contributed by atoms with van der Waals surface area (Å²) in [5, 5.41) is 105. The predicted octanol–water partition coefficient (Wildman–Crippen LogP) is 2.26. The second-order valence-electron chi connectivity index (χ2n) is 19.7. The molecule has 3 heterocycles. The van der Waals surface area contributed by atoms with Gasteiger partial charge in [0.25, 0.3) is 0 Å². The minimum atomic E-state index is -1.91. The molecule has 0 aromatic carbocycles. The SMILES string of the molecule is CCCC[C@@H](CCC[C@H](O)[C@@H](O)CCCCCCCCCCCCCC[C@@H](O)C(=O)O)OC1OC[C@H](O)[C@@H](O)[C@@H]1O[C@H]1OC[C@H](OC(C)=O)[C@@H](O)[C@@H]1O[C@H]1O[C@@H](COC(=O)CC(C)C)[C@H](O)[C@@H](O)[C@@H]1O. The number of unbranched alkanes of at least 4 members (excludes halogenated alkanes) is 12. The molecule has 410 valence electrons. The average molecular weight is 1010 g/mol. The molecule has 1 unspecified atom stereocenters. The molecular weight excluding hydrogens is 925 g/mol. The number of aliphatic carboxylic acids is 1. The number of carbonyl (C=O) groups excluding carboxylic acids is 2. The number of carbonyl (C=O) groups is 3. The number of ether oxygens (including phenoxy) is 8. The van der Waals surface area contributed by atoms with E-state index in [1.54, 1.807) is 0 Å². The molecule has 21 nitrogen and oxygen atoms in total. The van der Waals surface area contributed by atoms with Gasteiger partial charge in [0.1, 0.15) is 61.5 Å². The summed E-state index contributed by atoms with van der Waals surface area (Å²) in [5.74, 6) is -2.54. The Bertz CT molecular complexity index is 1440. The zero-order chi connectivity index (χ0) is 51.8. The standard InChI is InChI=1S/C49H88O21/c1-5-6-20-31(21-19-24-33(52)32(51)22-17-15-13-11-9-7-8-10-12-14-16-18-23-34(53)46(61)62)67-48-44(39(56)35(54)26-64-48)70-49-45(41(58)37(28-65-49)66-30(4)50)69-47-43(60)42(59)40(57)36(68-47)27-63-38(55)25-29(2)3/h29,31-37,39-45,47-49,51-54,56-60H,5-28H2,1-4H3,(H,61,62)/t31-,32-,33-,34+,35-,36-,37-,39+,40-,41+,42+,43-,44-,45-,47+,48?,49+/m0/s1. The van der Waals surface area contributed by atoms with E-state index >= 15 is 0 Å². The van der Waals surface area contributed by atoms with E-state index in [1.165, 1.54) is 0 Å². The Kier molecular flexibility index (Phi) is 29.8. The van der Waals surface area contributed by atoms with Gasteiger partial charge in [-0.3, -0.25) is 9.59 Å². The van der Waals surface area contributed by atoms with Crippen LogP contribution in [0.15, 0.2) is 0 Å². The molecule has 0 aromatic rings. The first-order valence-corrected chi connectivity index (χ1v) is 25.9. The monoisotopic (exact) mass is 1010 g/mol. The Balaban J connectivity index is 1.53. The largest absolute Gasteiger partial charge is 0.479 e. The van der Waals surface area contributed by atoms with Crippen molar-refractivity contribution in [2.45, 2.75) is 267 Å². The average Bonchev–Trinajstić information content (AvgIpc) is 3.31. The van der Waals surface area contributed by atoms with Crippen molar-refractivity contribution in [3.8, 4) is 0 Å². The van der Waals surface area contributed by atoms with Gasteiger partial charge in [-0.1, -0.05) is 111 Å². The Morgan fingerprint density at radius 1 is 0.600 bits per heavy atom. The van der Waals surface area contributed by atoms with E-state index in [0.29, 0.717) is 38.5 Å². The van der Waals surface area contributed by atoms with Gasteiger partial charge in [0, 0.05) is 13.3 Å². The van der Waals surface area contributed by atoms with E-state index in [2.05, 4.69) is 0 Å². The molecule has 0 amide bonds. The lowest BCUT2D eigenvalue weighted by atomic mass is 9.98. The quantitative estimate of drug-likeness (QED) is 0.0321. The van der Waals surface area contributed by atoms with Gasteiger partial charge in [-0.15, -0.1) is 0 Å². The number of hydrogen-bond acceptors (Lipinski definition) is 20. The summed E-state index contributed by atoms with van der Waals surface area (Å²) in [4.78, 5) is 34.9. The van der Waals surface area contributed by atoms with E-state index in [9.17, 15) is 60.3 Å². The molecule has 21 heteroatoms. The van der Waals surface area contributed by atoms with E-state index in [4.69, 9.17) is 43.0 Å². The maximum absolute atomic E-state index is 12.3. The van der Waals surface area contributed by atoms with Crippen LogP contribution in [0.3, 0.4) is 0 Å². The Hall–Kier alpha value is -2.19. The number of aliphatic hydroxyl groups is 9. The molecular formula is C49H88O21. The summed E-state index contributed by atoms with van der Waals surface area (Å²) in [6, 6.07) is 0. The smallest absolute Gasteiger partial charge is 0.332 e. The van der Waals surface area contributed by atoms with Crippen molar-refractivity contribution in [1.82, 2.24) is 0 Å². The van der Waals surface area contributed by atoms with Crippen molar-refractivity contribution in [1.29, 1.82) is 0 Å². The van der Waals surface area contributed by atoms with Crippen LogP contribution in [0.2, 0.25) is 0 Å². The number of carboxylic acid groups (broad SMARTS) is 1. The van der Waals surface area contributed by atoms with Crippen LogP contribution in [0.1, 0.15) is 163 Å². The fourth-order valence-corrected chi connectivity index (χ4v) is 8.83.